The van der Waals surface area contributed by atoms with Gasteiger partial charge < -0.3 is 9.47 Å². The van der Waals surface area contributed by atoms with E-state index in [0.717, 1.165) is 12.1 Å². The van der Waals surface area contributed by atoms with Gasteiger partial charge in [0, 0.05) is 24.8 Å². The lowest BCUT2D eigenvalue weighted by molar-refractivity contribution is -0.186. The van der Waals surface area contributed by atoms with Gasteiger partial charge in [0.25, 0.3) is 0 Å². The summed E-state index contributed by atoms with van der Waals surface area (Å²) in [5.74, 6) is -9.54. The second-order valence-corrected chi connectivity index (χ2v) is 7.05. The number of carbonyl (C=O) groups is 2. The number of nitrogens with one attached hydrogen (secondary N) is 1. The molecule has 0 aromatic heterocycles. The molecule has 6 nitrogen and oxygen atoms in total. The summed E-state index contributed by atoms with van der Waals surface area (Å²) in [7, 11) is 0. The molecule has 2 atom stereocenters. The van der Waals surface area contributed by atoms with Crippen LogP contribution in [0.15, 0.2) is 47.6 Å². The van der Waals surface area contributed by atoms with E-state index in [9.17, 15) is 27.2 Å². The highest BCUT2D eigenvalue weighted by molar-refractivity contribution is 6.06. The second kappa shape index (κ2) is 8.75. The molecule has 0 fully saturated rings. The molecule has 1 aliphatic rings. The topological polar surface area (TPSA) is 77.0 Å². The molecule has 2 unspecified atom stereocenters. The Morgan fingerprint density at radius 1 is 1.16 bits per heavy atom. The number of benzene rings is 2. The maximum Gasteiger partial charge on any atom is 0.341 e. The van der Waals surface area contributed by atoms with Gasteiger partial charge in [0.1, 0.15) is 0 Å². The van der Waals surface area contributed by atoms with Crippen LogP contribution >= 0.6 is 0 Å². The third-order valence-corrected chi connectivity index (χ3v) is 4.45. The van der Waals surface area contributed by atoms with Crippen molar-refractivity contribution in [2.24, 2.45) is 11.0 Å². The Hall–Kier alpha value is -3.43. The monoisotopic (exact) mass is 438 g/mol. The third kappa shape index (κ3) is 5.01. The standard InChI is InChI=1S/C21H18F4N2O4/c1-11-10-15(28)26-27-18(11)13-8-9-14(17(23)16(13)22)30-20(21(2,24)25)31-19(29)12-6-4-3-5-7-12/h3-9,11,20H,10H2,1-2H3,(H,26,28). The number of amides is 1. The van der Waals surface area contributed by atoms with E-state index in [-0.39, 0.29) is 29.2 Å². The average molecular weight is 438 g/mol. The van der Waals surface area contributed by atoms with Gasteiger partial charge in [0.15, 0.2) is 11.6 Å². The van der Waals surface area contributed by atoms with E-state index in [0.29, 0.717) is 6.92 Å². The van der Waals surface area contributed by atoms with Gasteiger partial charge in [-0.25, -0.2) is 14.6 Å². The summed E-state index contributed by atoms with van der Waals surface area (Å²) in [6, 6.07) is 9.31. The lowest BCUT2D eigenvalue weighted by atomic mass is 9.93. The molecule has 1 amide bonds. The van der Waals surface area contributed by atoms with Crippen LogP contribution in [0.4, 0.5) is 17.6 Å². The van der Waals surface area contributed by atoms with Crippen molar-refractivity contribution < 1.29 is 36.6 Å². The molecule has 1 N–H and O–H groups in total. The van der Waals surface area contributed by atoms with E-state index in [1.165, 1.54) is 24.3 Å². The number of hydrazone groups is 1. The van der Waals surface area contributed by atoms with E-state index in [4.69, 9.17) is 9.47 Å². The number of esters is 1. The highest BCUT2D eigenvalue weighted by atomic mass is 19.3. The lowest BCUT2D eigenvalue weighted by Gasteiger charge is -2.25. The first-order chi connectivity index (χ1) is 14.6. The zero-order chi connectivity index (χ0) is 22.8. The van der Waals surface area contributed by atoms with Crippen molar-refractivity contribution in [1.29, 1.82) is 0 Å². The maximum atomic E-state index is 14.6. The Kier molecular flexibility index (Phi) is 6.28. The molecule has 0 saturated heterocycles. The molecule has 164 valence electrons. The van der Waals surface area contributed by atoms with Gasteiger partial charge in [-0.3, -0.25) is 4.79 Å². The molecule has 2 aromatic rings. The molecule has 0 spiro atoms. The third-order valence-electron chi connectivity index (χ3n) is 4.45. The first-order valence-corrected chi connectivity index (χ1v) is 9.23. The molecule has 3 rings (SSSR count). The summed E-state index contributed by atoms with van der Waals surface area (Å²) < 4.78 is 66.7. The smallest absolute Gasteiger partial charge is 0.341 e. The van der Waals surface area contributed by atoms with Crippen molar-refractivity contribution in [3.8, 4) is 5.75 Å². The second-order valence-electron chi connectivity index (χ2n) is 7.05. The first-order valence-electron chi connectivity index (χ1n) is 9.23. The summed E-state index contributed by atoms with van der Waals surface area (Å²) in [5.41, 5.74) is 2.01. The Balaban J connectivity index is 1.86. The van der Waals surface area contributed by atoms with Gasteiger partial charge in [-0.2, -0.15) is 18.3 Å². The summed E-state index contributed by atoms with van der Waals surface area (Å²) >= 11 is 0. The van der Waals surface area contributed by atoms with Crippen molar-refractivity contribution in [3.05, 3.63) is 65.2 Å². The Morgan fingerprint density at radius 3 is 2.45 bits per heavy atom. The number of halogens is 4. The minimum absolute atomic E-state index is 0.0197. The minimum Gasteiger partial charge on any atom is -0.446 e. The fourth-order valence-electron chi connectivity index (χ4n) is 2.89. The number of ether oxygens (including phenoxy) is 2. The predicted molar refractivity (Wildman–Crippen MR) is 102 cm³/mol. The van der Waals surface area contributed by atoms with Gasteiger partial charge in [0.05, 0.1) is 11.3 Å². The number of hydrogen-bond acceptors (Lipinski definition) is 5. The van der Waals surface area contributed by atoms with Crippen LogP contribution in [0.25, 0.3) is 0 Å². The fourth-order valence-corrected chi connectivity index (χ4v) is 2.89. The van der Waals surface area contributed by atoms with E-state index in [2.05, 4.69) is 10.5 Å². The number of hydrogen-bond donors (Lipinski definition) is 1. The van der Waals surface area contributed by atoms with E-state index in [1.807, 2.05) is 0 Å². The summed E-state index contributed by atoms with van der Waals surface area (Å²) in [6.45, 7) is 2.02. The van der Waals surface area contributed by atoms with Crippen LogP contribution in [0.5, 0.6) is 5.75 Å². The minimum atomic E-state index is -3.72. The van der Waals surface area contributed by atoms with E-state index in [1.54, 1.807) is 13.0 Å². The molecule has 0 radical (unpaired) electrons. The first kappa shape index (κ1) is 22.3. The number of rotatable bonds is 6. The van der Waals surface area contributed by atoms with Crippen LogP contribution in [0.3, 0.4) is 0 Å². The van der Waals surface area contributed by atoms with E-state index < -0.39 is 41.5 Å². The Morgan fingerprint density at radius 2 is 1.84 bits per heavy atom. The van der Waals surface area contributed by atoms with Crippen molar-refractivity contribution in [2.45, 2.75) is 32.5 Å². The molecule has 1 aliphatic heterocycles. The lowest BCUT2D eigenvalue weighted by Crippen LogP contribution is -2.40. The number of nitrogens with zero attached hydrogens (tertiary/aromatic N) is 1. The van der Waals surface area contributed by atoms with Gasteiger partial charge in [-0.15, -0.1) is 0 Å². The van der Waals surface area contributed by atoms with Crippen LogP contribution in [0, 0.1) is 17.6 Å². The SMILES string of the molecule is CC1CC(=O)NN=C1c1ccc(OC(OC(=O)c2ccccc2)C(C)(F)F)c(F)c1F. The Bertz CT molecular complexity index is 1020. The van der Waals surface area contributed by atoms with Gasteiger partial charge in [-0.1, -0.05) is 25.1 Å². The molecule has 2 aromatic carbocycles. The molecular weight excluding hydrogens is 420 g/mol. The number of carbonyl (C=O) groups excluding carboxylic acids is 2. The van der Waals surface area contributed by atoms with Gasteiger partial charge in [0.2, 0.25) is 11.7 Å². The number of alkyl halides is 2. The highest BCUT2D eigenvalue weighted by Crippen LogP contribution is 2.30. The molecule has 0 aliphatic carbocycles. The van der Waals surface area contributed by atoms with Crippen molar-refractivity contribution >= 4 is 17.6 Å². The zero-order valence-corrected chi connectivity index (χ0v) is 16.5. The Labute approximate surface area is 174 Å². The van der Waals surface area contributed by atoms with Crippen molar-refractivity contribution in [2.75, 3.05) is 0 Å². The fraction of sp³-hybridized carbons (Fsp3) is 0.286. The predicted octanol–water partition coefficient (Wildman–Crippen LogP) is 4.04. The summed E-state index contributed by atoms with van der Waals surface area (Å²) in [5, 5.41) is 3.75. The van der Waals surface area contributed by atoms with Crippen molar-refractivity contribution in [3.63, 3.8) is 0 Å². The molecular formula is C21H18F4N2O4. The largest absolute Gasteiger partial charge is 0.446 e. The van der Waals surface area contributed by atoms with Gasteiger partial charge in [-0.05, 0) is 24.3 Å². The van der Waals surface area contributed by atoms with Crippen LogP contribution in [-0.4, -0.2) is 29.8 Å². The summed E-state index contributed by atoms with van der Waals surface area (Å²) in [6.07, 6.45) is -2.48. The molecule has 31 heavy (non-hydrogen) atoms. The molecule has 0 saturated carbocycles. The van der Waals surface area contributed by atoms with Crippen LogP contribution in [0.1, 0.15) is 36.2 Å². The molecule has 10 heteroatoms. The normalized spacial score (nSPS) is 17.4. The molecule has 0 bridgehead atoms. The van der Waals surface area contributed by atoms with Crippen LogP contribution < -0.4 is 10.2 Å². The maximum absolute atomic E-state index is 14.6. The average Bonchev–Trinajstić information content (AvgIpc) is 2.71. The quantitative estimate of drug-likeness (QED) is 0.420. The van der Waals surface area contributed by atoms with E-state index >= 15 is 0 Å². The van der Waals surface area contributed by atoms with Crippen molar-refractivity contribution in [1.82, 2.24) is 5.43 Å². The van der Waals surface area contributed by atoms with Gasteiger partial charge >= 0.3 is 18.2 Å². The zero-order valence-electron chi connectivity index (χ0n) is 16.5. The van der Waals surface area contributed by atoms with Crippen LogP contribution in [-0.2, 0) is 9.53 Å². The highest BCUT2D eigenvalue weighted by Gasteiger charge is 2.41. The van der Waals surface area contributed by atoms with Crippen LogP contribution in [0.2, 0.25) is 0 Å². The summed E-state index contributed by atoms with van der Waals surface area (Å²) in [4.78, 5) is 23.5. The molecule has 1 heterocycles.